The van der Waals surface area contributed by atoms with Gasteiger partial charge in [0, 0.05) is 18.3 Å². The first-order valence-corrected chi connectivity index (χ1v) is 8.36. The zero-order chi connectivity index (χ0) is 19.8. The molecule has 0 spiro atoms. The molecule has 2 N–H and O–H groups in total. The van der Waals surface area contributed by atoms with Crippen LogP contribution in [0.1, 0.15) is 21.5 Å². The Morgan fingerprint density at radius 1 is 0.926 bits per heavy atom. The van der Waals surface area contributed by atoms with Gasteiger partial charge in [0.05, 0.1) is 0 Å². The number of aryl methyl sites for hydroxylation is 2. The molecule has 0 bridgehead atoms. The summed E-state index contributed by atoms with van der Waals surface area (Å²) in [6.07, 6.45) is 0. The zero-order valence-corrected chi connectivity index (χ0v) is 15.5. The Labute approximate surface area is 157 Å². The second-order valence-electron chi connectivity index (χ2n) is 5.98. The van der Waals surface area contributed by atoms with E-state index in [4.69, 9.17) is 9.47 Å². The minimum atomic E-state index is -0.640. The van der Waals surface area contributed by atoms with E-state index in [0.29, 0.717) is 17.0 Å². The number of ether oxygens (including phenoxy) is 2. The van der Waals surface area contributed by atoms with E-state index in [1.165, 1.54) is 7.05 Å². The molecule has 2 amide bonds. The standard InChI is InChI=1S/C20H22N2O5/c1-13-8-14(2)10-17(9-13)26-12-19(24)27-11-18(23)22-16-6-4-15(5-7-16)20(25)21-3/h4-10H,11-12H2,1-3H3,(H,21,25)(H,22,23). The van der Waals surface area contributed by atoms with Gasteiger partial charge in [-0.1, -0.05) is 6.07 Å². The second kappa shape index (κ2) is 9.38. The molecule has 0 fully saturated rings. The summed E-state index contributed by atoms with van der Waals surface area (Å²) in [7, 11) is 1.54. The quantitative estimate of drug-likeness (QED) is 0.729. The first kappa shape index (κ1) is 20.0. The molecule has 0 aromatic heterocycles. The number of hydrogen-bond donors (Lipinski definition) is 2. The third-order valence-electron chi connectivity index (χ3n) is 3.57. The first-order chi connectivity index (χ1) is 12.9. The predicted octanol–water partition coefficient (Wildman–Crippen LogP) is 2.22. The van der Waals surface area contributed by atoms with Crippen LogP contribution >= 0.6 is 0 Å². The van der Waals surface area contributed by atoms with Gasteiger partial charge in [0.15, 0.2) is 13.2 Å². The fourth-order valence-corrected chi connectivity index (χ4v) is 2.39. The van der Waals surface area contributed by atoms with Gasteiger partial charge in [-0.05, 0) is 61.4 Å². The largest absolute Gasteiger partial charge is 0.482 e. The number of esters is 1. The van der Waals surface area contributed by atoms with E-state index in [0.717, 1.165) is 11.1 Å². The van der Waals surface area contributed by atoms with E-state index >= 15 is 0 Å². The SMILES string of the molecule is CNC(=O)c1ccc(NC(=O)COC(=O)COc2cc(C)cc(C)c2)cc1. The maximum Gasteiger partial charge on any atom is 0.344 e. The van der Waals surface area contributed by atoms with Crippen LogP contribution < -0.4 is 15.4 Å². The van der Waals surface area contributed by atoms with Gasteiger partial charge in [-0.3, -0.25) is 9.59 Å². The van der Waals surface area contributed by atoms with Crippen molar-refractivity contribution in [2.24, 2.45) is 0 Å². The van der Waals surface area contributed by atoms with Crippen molar-refractivity contribution < 1.29 is 23.9 Å². The Bertz CT molecular complexity index is 811. The average Bonchev–Trinajstić information content (AvgIpc) is 2.64. The molecule has 0 aliphatic heterocycles. The molecule has 0 saturated heterocycles. The highest BCUT2D eigenvalue weighted by atomic mass is 16.6. The van der Waals surface area contributed by atoms with Gasteiger partial charge in [0.25, 0.3) is 11.8 Å². The summed E-state index contributed by atoms with van der Waals surface area (Å²) in [4.78, 5) is 35.0. The summed E-state index contributed by atoms with van der Waals surface area (Å²) < 4.78 is 10.3. The maximum atomic E-state index is 11.8. The maximum absolute atomic E-state index is 11.8. The number of amides is 2. The number of benzene rings is 2. The molecule has 0 heterocycles. The van der Waals surface area contributed by atoms with Crippen molar-refractivity contribution in [3.05, 3.63) is 59.2 Å². The average molecular weight is 370 g/mol. The van der Waals surface area contributed by atoms with Crippen LogP contribution in [0.4, 0.5) is 5.69 Å². The minimum Gasteiger partial charge on any atom is -0.482 e. The summed E-state index contributed by atoms with van der Waals surface area (Å²) in [6.45, 7) is 3.16. The fraction of sp³-hybridized carbons (Fsp3) is 0.250. The number of carbonyl (C=O) groups is 3. The molecule has 0 saturated carbocycles. The topological polar surface area (TPSA) is 93.7 Å². The number of carbonyl (C=O) groups excluding carboxylic acids is 3. The molecule has 0 atom stereocenters. The van der Waals surface area contributed by atoms with Crippen LogP contribution in [0.15, 0.2) is 42.5 Å². The van der Waals surface area contributed by atoms with Gasteiger partial charge in [0.1, 0.15) is 5.75 Å². The van der Waals surface area contributed by atoms with Crippen molar-refractivity contribution in [2.75, 3.05) is 25.6 Å². The monoisotopic (exact) mass is 370 g/mol. The lowest BCUT2D eigenvalue weighted by molar-refractivity contribution is -0.149. The fourth-order valence-electron chi connectivity index (χ4n) is 2.39. The van der Waals surface area contributed by atoms with E-state index in [1.807, 2.05) is 32.0 Å². The van der Waals surface area contributed by atoms with Crippen molar-refractivity contribution in [2.45, 2.75) is 13.8 Å². The number of nitrogens with one attached hydrogen (secondary N) is 2. The van der Waals surface area contributed by atoms with E-state index < -0.39 is 18.5 Å². The van der Waals surface area contributed by atoms with Gasteiger partial charge >= 0.3 is 5.97 Å². The number of hydrogen-bond acceptors (Lipinski definition) is 5. The summed E-state index contributed by atoms with van der Waals surface area (Å²) in [5, 5.41) is 5.09. The van der Waals surface area contributed by atoms with E-state index in [9.17, 15) is 14.4 Å². The van der Waals surface area contributed by atoms with Gasteiger partial charge < -0.3 is 20.1 Å². The third kappa shape index (κ3) is 6.47. The minimum absolute atomic E-state index is 0.217. The van der Waals surface area contributed by atoms with Gasteiger partial charge in [-0.25, -0.2) is 4.79 Å². The number of rotatable bonds is 7. The van der Waals surface area contributed by atoms with E-state index in [1.54, 1.807) is 24.3 Å². The number of anilines is 1. The van der Waals surface area contributed by atoms with Crippen molar-refractivity contribution in [3.63, 3.8) is 0 Å². The van der Waals surface area contributed by atoms with Gasteiger partial charge in [0.2, 0.25) is 0 Å². The van der Waals surface area contributed by atoms with Crippen LogP contribution in [0.2, 0.25) is 0 Å². The van der Waals surface area contributed by atoms with Crippen molar-refractivity contribution in [1.82, 2.24) is 5.32 Å². The molecule has 7 nitrogen and oxygen atoms in total. The highest BCUT2D eigenvalue weighted by Crippen LogP contribution is 2.16. The van der Waals surface area contributed by atoms with Crippen LogP contribution in [0, 0.1) is 13.8 Å². The van der Waals surface area contributed by atoms with Crippen molar-refractivity contribution in [3.8, 4) is 5.75 Å². The molecular weight excluding hydrogens is 348 g/mol. The lowest BCUT2D eigenvalue weighted by Crippen LogP contribution is -2.23. The van der Waals surface area contributed by atoms with Crippen LogP contribution in [0.5, 0.6) is 5.75 Å². The van der Waals surface area contributed by atoms with Crippen LogP contribution in [0.25, 0.3) is 0 Å². The van der Waals surface area contributed by atoms with Gasteiger partial charge in [-0.15, -0.1) is 0 Å². The molecule has 2 aromatic rings. The summed E-state index contributed by atoms with van der Waals surface area (Å²) in [5.41, 5.74) is 3.03. The molecule has 7 heteroatoms. The molecule has 0 unspecified atom stereocenters. The zero-order valence-electron chi connectivity index (χ0n) is 15.5. The Balaban J connectivity index is 1.76. The van der Waals surface area contributed by atoms with Crippen LogP contribution in [0.3, 0.4) is 0 Å². The molecule has 2 aromatic carbocycles. The highest BCUT2D eigenvalue weighted by Gasteiger charge is 2.10. The Hall–Kier alpha value is -3.35. The molecule has 0 radical (unpaired) electrons. The third-order valence-corrected chi connectivity index (χ3v) is 3.57. The molecule has 142 valence electrons. The van der Waals surface area contributed by atoms with Crippen LogP contribution in [-0.2, 0) is 14.3 Å². The normalized spacial score (nSPS) is 10.0. The molecule has 0 aliphatic rings. The summed E-state index contributed by atoms with van der Waals surface area (Å²) in [5.74, 6) is -0.766. The Morgan fingerprint density at radius 2 is 1.56 bits per heavy atom. The summed E-state index contributed by atoms with van der Waals surface area (Å²) >= 11 is 0. The van der Waals surface area contributed by atoms with E-state index in [-0.39, 0.29) is 12.5 Å². The first-order valence-electron chi connectivity index (χ1n) is 8.36. The molecule has 27 heavy (non-hydrogen) atoms. The lowest BCUT2D eigenvalue weighted by atomic mass is 10.1. The van der Waals surface area contributed by atoms with E-state index in [2.05, 4.69) is 10.6 Å². The Kier molecular flexibility index (Phi) is 6.93. The smallest absolute Gasteiger partial charge is 0.344 e. The van der Waals surface area contributed by atoms with Gasteiger partial charge in [-0.2, -0.15) is 0 Å². The Morgan fingerprint density at radius 3 is 2.15 bits per heavy atom. The summed E-state index contributed by atoms with van der Waals surface area (Å²) in [6, 6.07) is 12.0. The highest BCUT2D eigenvalue weighted by molar-refractivity contribution is 5.96. The van der Waals surface area contributed by atoms with Crippen molar-refractivity contribution in [1.29, 1.82) is 0 Å². The molecular formula is C20H22N2O5. The lowest BCUT2D eigenvalue weighted by Gasteiger charge is -2.09. The molecule has 0 aliphatic carbocycles. The van der Waals surface area contributed by atoms with Crippen molar-refractivity contribution >= 4 is 23.5 Å². The predicted molar refractivity (Wildman–Crippen MR) is 101 cm³/mol. The second-order valence-corrected chi connectivity index (χ2v) is 5.98. The molecule has 2 rings (SSSR count). The van der Waals surface area contributed by atoms with Crippen LogP contribution in [-0.4, -0.2) is 38.0 Å².